The van der Waals surface area contributed by atoms with Crippen molar-refractivity contribution in [3.8, 4) is 5.75 Å². The van der Waals surface area contributed by atoms with Crippen molar-refractivity contribution in [3.05, 3.63) is 65.2 Å². The van der Waals surface area contributed by atoms with E-state index in [2.05, 4.69) is 5.32 Å². The van der Waals surface area contributed by atoms with Gasteiger partial charge in [0.15, 0.2) is 0 Å². The Bertz CT molecular complexity index is 593. The molecule has 0 aromatic heterocycles. The van der Waals surface area contributed by atoms with Crippen molar-refractivity contribution < 1.29 is 9.53 Å². The summed E-state index contributed by atoms with van der Waals surface area (Å²) >= 11 is 5.74. The Morgan fingerprint density at radius 3 is 2.29 bits per heavy atom. The smallest absolute Gasteiger partial charge is 0.251 e. The van der Waals surface area contributed by atoms with Gasteiger partial charge in [-0.25, -0.2) is 0 Å². The zero-order valence-corrected chi connectivity index (χ0v) is 12.9. The maximum absolute atomic E-state index is 12.2. The van der Waals surface area contributed by atoms with Crippen LogP contribution in [0.3, 0.4) is 0 Å². The largest absolute Gasteiger partial charge is 0.497 e. The van der Waals surface area contributed by atoms with Crippen molar-refractivity contribution in [2.45, 2.75) is 18.8 Å². The van der Waals surface area contributed by atoms with Gasteiger partial charge in [-0.3, -0.25) is 4.79 Å². The number of alkyl halides is 1. The summed E-state index contributed by atoms with van der Waals surface area (Å²) in [4.78, 5) is 12.2. The van der Waals surface area contributed by atoms with E-state index in [9.17, 15) is 4.79 Å². The molecule has 0 bridgehead atoms. The summed E-state index contributed by atoms with van der Waals surface area (Å²) in [6, 6.07) is 14.9. The Kier molecular flexibility index (Phi) is 5.23. The first-order chi connectivity index (χ1) is 10.1. The van der Waals surface area contributed by atoms with Crippen molar-refractivity contribution in [2.24, 2.45) is 0 Å². The first kappa shape index (κ1) is 15.4. The van der Waals surface area contributed by atoms with Crippen LogP contribution in [0.15, 0.2) is 48.5 Å². The van der Waals surface area contributed by atoms with E-state index < -0.39 is 0 Å². The highest BCUT2D eigenvalue weighted by atomic mass is 35.5. The van der Waals surface area contributed by atoms with Gasteiger partial charge in [0.05, 0.1) is 13.2 Å². The zero-order valence-electron chi connectivity index (χ0n) is 12.1. The quantitative estimate of drug-likeness (QED) is 0.850. The van der Waals surface area contributed by atoms with Crippen LogP contribution in [0.25, 0.3) is 0 Å². The second kappa shape index (κ2) is 7.14. The number of rotatable bonds is 5. The predicted molar refractivity (Wildman–Crippen MR) is 84.9 cm³/mol. The standard InChI is InChI=1S/C17H18ClNO2/c1-12(14-7-9-16(21-2)10-8-14)19-17(20)15-5-3-13(11-18)4-6-15/h3-10,12H,11H2,1-2H3,(H,19,20). The number of carbonyl (C=O) groups excluding carboxylic acids is 1. The molecule has 1 N–H and O–H groups in total. The van der Waals surface area contributed by atoms with Crippen molar-refractivity contribution in [3.63, 3.8) is 0 Å². The SMILES string of the molecule is COc1ccc(C(C)NC(=O)c2ccc(CCl)cc2)cc1. The lowest BCUT2D eigenvalue weighted by molar-refractivity contribution is 0.0940. The van der Waals surface area contributed by atoms with Crippen molar-refractivity contribution >= 4 is 17.5 Å². The van der Waals surface area contributed by atoms with E-state index >= 15 is 0 Å². The van der Waals surface area contributed by atoms with Crippen LogP contribution in [0.2, 0.25) is 0 Å². The van der Waals surface area contributed by atoms with Gasteiger partial charge in [0, 0.05) is 11.4 Å². The molecule has 0 aliphatic carbocycles. The lowest BCUT2D eigenvalue weighted by atomic mass is 10.1. The average molecular weight is 304 g/mol. The van der Waals surface area contributed by atoms with Gasteiger partial charge in [-0.15, -0.1) is 11.6 Å². The predicted octanol–water partition coefficient (Wildman–Crippen LogP) is 3.93. The van der Waals surface area contributed by atoms with Crippen molar-refractivity contribution in [1.29, 1.82) is 0 Å². The van der Waals surface area contributed by atoms with E-state index in [1.165, 1.54) is 0 Å². The molecule has 0 spiro atoms. The number of carbonyl (C=O) groups is 1. The summed E-state index contributed by atoms with van der Waals surface area (Å²) in [5.74, 6) is 1.15. The molecule has 21 heavy (non-hydrogen) atoms. The fourth-order valence-corrected chi connectivity index (χ4v) is 2.18. The topological polar surface area (TPSA) is 38.3 Å². The summed E-state index contributed by atoms with van der Waals surface area (Å²) in [7, 11) is 1.63. The van der Waals surface area contributed by atoms with Crippen LogP contribution in [0.5, 0.6) is 5.75 Å². The minimum absolute atomic E-state index is 0.0730. The third kappa shape index (κ3) is 3.99. The van der Waals surface area contributed by atoms with Gasteiger partial charge in [0.25, 0.3) is 5.91 Å². The molecule has 0 saturated heterocycles. The molecular formula is C17H18ClNO2. The molecule has 3 nitrogen and oxygen atoms in total. The van der Waals surface area contributed by atoms with Crippen LogP contribution in [0, 0.1) is 0 Å². The Morgan fingerprint density at radius 1 is 1.14 bits per heavy atom. The maximum Gasteiger partial charge on any atom is 0.251 e. The molecule has 110 valence electrons. The molecular weight excluding hydrogens is 286 g/mol. The first-order valence-electron chi connectivity index (χ1n) is 6.73. The zero-order chi connectivity index (χ0) is 15.2. The molecule has 1 atom stereocenters. The molecule has 1 unspecified atom stereocenters. The van der Waals surface area contributed by atoms with Crippen LogP contribution in [0.4, 0.5) is 0 Å². The molecule has 0 heterocycles. The summed E-state index contributed by atoms with van der Waals surface area (Å²) < 4.78 is 5.12. The fourth-order valence-electron chi connectivity index (χ4n) is 2.00. The molecule has 2 aromatic carbocycles. The average Bonchev–Trinajstić information content (AvgIpc) is 2.55. The second-order valence-electron chi connectivity index (χ2n) is 4.80. The van der Waals surface area contributed by atoms with Gasteiger partial charge in [0.2, 0.25) is 0 Å². The molecule has 2 aromatic rings. The third-order valence-electron chi connectivity index (χ3n) is 3.33. The highest BCUT2D eigenvalue weighted by Crippen LogP contribution is 2.18. The number of nitrogens with one attached hydrogen (secondary N) is 1. The van der Waals surface area contributed by atoms with Crippen LogP contribution in [0.1, 0.15) is 34.5 Å². The Balaban J connectivity index is 2.03. The minimum Gasteiger partial charge on any atom is -0.497 e. The molecule has 1 amide bonds. The summed E-state index contributed by atoms with van der Waals surface area (Å²) in [5.41, 5.74) is 2.65. The molecule has 4 heteroatoms. The van der Waals surface area contributed by atoms with Crippen LogP contribution in [-0.2, 0) is 5.88 Å². The number of ether oxygens (including phenoxy) is 1. The molecule has 0 saturated carbocycles. The number of benzene rings is 2. The van der Waals surface area contributed by atoms with Gasteiger partial charge < -0.3 is 10.1 Å². The lowest BCUT2D eigenvalue weighted by Gasteiger charge is -2.15. The first-order valence-corrected chi connectivity index (χ1v) is 7.27. The maximum atomic E-state index is 12.2. The van der Waals surface area contributed by atoms with Crippen molar-refractivity contribution in [1.82, 2.24) is 5.32 Å². The van der Waals surface area contributed by atoms with E-state index in [4.69, 9.17) is 16.3 Å². The van der Waals surface area contributed by atoms with Gasteiger partial charge in [-0.1, -0.05) is 24.3 Å². The number of halogens is 1. The Labute approximate surface area is 129 Å². The number of hydrogen-bond donors (Lipinski definition) is 1. The highest BCUT2D eigenvalue weighted by Gasteiger charge is 2.11. The van der Waals surface area contributed by atoms with E-state index in [0.29, 0.717) is 11.4 Å². The van der Waals surface area contributed by atoms with Crippen LogP contribution < -0.4 is 10.1 Å². The van der Waals surface area contributed by atoms with Crippen molar-refractivity contribution in [2.75, 3.05) is 7.11 Å². The van der Waals surface area contributed by atoms with Crippen LogP contribution in [-0.4, -0.2) is 13.0 Å². The Hall–Kier alpha value is -2.00. The number of hydrogen-bond acceptors (Lipinski definition) is 2. The molecule has 2 rings (SSSR count). The van der Waals surface area contributed by atoms with Gasteiger partial charge in [-0.2, -0.15) is 0 Å². The van der Waals surface area contributed by atoms with E-state index in [0.717, 1.165) is 16.9 Å². The van der Waals surface area contributed by atoms with E-state index in [1.54, 1.807) is 19.2 Å². The van der Waals surface area contributed by atoms with Gasteiger partial charge in [0.1, 0.15) is 5.75 Å². The number of amides is 1. The lowest BCUT2D eigenvalue weighted by Crippen LogP contribution is -2.26. The molecule has 0 aliphatic rings. The second-order valence-corrected chi connectivity index (χ2v) is 5.07. The summed E-state index contributed by atoms with van der Waals surface area (Å²) in [6.07, 6.45) is 0. The molecule has 0 fully saturated rings. The normalized spacial score (nSPS) is 11.8. The van der Waals surface area contributed by atoms with Gasteiger partial charge in [-0.05, 0) is 42.3 Å². The van der Waals surface area contributed by atoms with Gasteiger partial charge >= 0.3 is 0 Å². The third-order valence-corrected chi connectivity index (χ3v) is 3.64. The van der Waals surface area contributed by atoms with E-state index in [-0.39, 0.29) is 11.9 Å². The Morgan fingerprint density at radius 2 is 1.76 bits per heavy atom. The van der Waals surface area contributed by atoms with E-state index in [1.807, 2.05) is 43.3 Å². The summed E-state index contributed by atoms with van der Waals surface area (Å²) in [6.45, 7) is 1.95. The number of methoxy groups -OCH3 is 1. The highest BCUT2D eigenvalue weighted by molar-refractivity contribution is 6.17. The molecule has 0 radical (unpaired) electrons. The minimum atomic E-state index is -0.0977. The molecule has 0 aliphatic heterocycles. The monoisotopic (exact) mass is 303 g/mol. The van der Waals surface area contributed by atoms with Crippen LogP contribution >= 0.6 is 11.6 Å². The summed E-state index contributed by atoms with van der Waals surface area (Å²) in [5, 5.41) is 2.97. The fraction of sp³-hybridized carbons (Fsp3) is 0.235.